The number of halogens is 1. The molecule has 1 aliphatic heterocycles. The van der Waals surface area contributed by atoms with Crippen LogP contribution >= 0.6 is 12.4 Å². The van der Waals surface area contributed by atoms with Crippen LogP contribution in [0.5, 0.6) is 5.75 Å². The number of hydrogen-bond donors (Lipinski definition) is 2. The second kappa shape index (κ2) is 8.35. The van der Waals surface area contributed by atoms with Crippen LogP contribution in [0.2, 0.25) is 0 Å². The molecule has 1 amide bonds. The first-order valence-corrected chi connectivity index (χ1v) is 6.61. The smallest absolute Gasteiger partial charge is 0.310 e. The van der Waals surface area contributed by atoms with Crippen molar-refractivity contribution in [2.75, 3.05) is 26.7 Å². The van der Waals surface area contributed by atoms with Gasteiger partial charge in [-0.1, -0.05) is 11.6 Å². The van der Waals surface area contributed by atoms with Crippen molar-refractivity contribution < 1.29 is 14.5 Å². The number of methoxy groups -OCH3 is 1. The number of amides is 1. The molecule has 120 valence electrons. The number of nitro groups is 1. The number of hydrogen-bond acceptors (Lipinski definition) is 5. The van der Waals surface area contributed by atoms with E-state index >= 15 is 0 Å². The van der Waals surface area contributed by atoms with E-state index in [4.69, 9.17) is 4.74 Å². The molecule has 0 saturated carbocycles. The predicted molar refractivity (Wildman–Crippen MR) is 84.8 cm³/mol. The lowest BCUT2D eigenvalue weighted by molar-refractivity contribution is -0.385. The molecule has 2 rings (SSSR count). The molecular weight excluding hydrogens is 310 g/mol. The van der Waals surface area contributed by atoms with Crippen LogP contribution < -0.4 is 15.4 Å². The van der Waals surface area contributed by atoms with Gasteiger partial charge in [0.15, 0.2) is 5.75 Å². The molecule has 0 bridgehead atoms. The van der Waals surface area contributed by atoms with Crippen LogP contribution in [0, 0.1) is 10.1 Å². The Balaban J connectivity index is 0.00000242. The molecule has 0 atom stereocenters. The fourth-order valence-corrected chi connectivity index (χ4v) is 2.10. The number of nitrogens with one attached hydrogen (secondary N) is 2. The zero-order valence-electron chi connectivity index (χ0n) is 12.1. The Kier molecular flexibility index (Phi) is 6.81. The van der Waals surface area contributed by atoms with Crippen LogP contribution in [0.3, 0.4) is 0 Å². The van der Waals surface area contributed by atoms with Gasteiger partial charge in [-0.3, -0.25) is 14.9 Å². The summed E-state index contributed by atoms with van der Waals surface area (Å²) in [6, 6.07) is 4.08. The van der Waals surface area contributed by atoms with E-state index < -0.39 is 4.92 Å². The minimum absolute atomic E-state index is 0. The van der Waals surface area contributed by atoms with Crippen molar-refractivity contribution >= 4 is 24.0 Å². The van der Waals surface area contributed by atoms with Gasteiger partial charge in [0.1, 0.15) is 0 Å². The minimum Gasteiger partial charge on any atom is -0.490 e. The Morgan fingerprint density at radius 3 is 2.86 bits per heavy atom. The molecule has 0 radical (unpaired) electrons. The van der Waals surface area contributed by atoms with Crippen molar-refractivity contribution in [1.82, 2.24) is 10.6 Å². The van der Waals surface area contributed by atoms with E-state index in [0.717, 1.165) is 19.5 Å². The number of benzene rings is 1. The number of rotatable bonds is 5. The van der Waals surface area contributed by atoms with E-state index in [0.29, 0.717) is 12.1 Å². The Morgan fingerprint density at radius 1 is 1.50 bits per heavy atom. The SMILES string of the molecule is COc1cc(C(=O)NCC2=CCNCC2)ccc1[N+](=O)[O-].Cl. The van der Waals surface area contributed by atoms with Gasteiger partial charge in [0.05, 0.1) is 12.0 Å². The highest BCUT2D eigenvalue weighted by molar-refractivity contribution is 5.95. The fourth-order valence-electron chi connectivity index (χ4n) is 2.10. The van der Waals surface area contributed by atoms with Gasteiger partial charge in [-0.05, 0) is 19.0 Å². The molecule has 7 nitrogen and oxygen atoms in total. The lowest BCUT2D eigenvalue weighted by atomic mass is 10.1. The minimum atomic E-state index is -0.541. The van der Waals surface area contributed by atoms with E-state index in [-0.39, 0.29) is 29.8 Å². The first kappa shape index (κ1) is 17.9. The lowest BCUT2D eigenvalue weighted by Gasteiger charge is -2.14. The number of nitro benzene ring substituents is 1. The third kappa shape index (κ3) is 4.44. The van der Waals surface area contributed by atoms with Crippen LogP contribution in [0.15, 0.2) is 29.8 Å². The molecule has 0 fully saturated rings. The Bertz CT molecular complexity index is 589. The summed E-state index contributed by atoms with van der Waals surface area (Å²) in [7, 11) is 1.34. The summed E-state index contributed by atoms with van der Waals surface area (Å²) in [5.41, 5.74) is 1.36. The molecule has 22 heavy (non-hydrogen) atoms. The maximum Gasteiger partial charge on any atom is 0.310 e. The maximum absolute atomic E-state index is 12.1. The fraction of sp³-hybridized carbons (Fsp3) is 0.357. The summed E-state index contributed by atoms with van der Waals surface area (Å²) in [5, 5.41) is 16.8. The van der Waals surface area contributed by atoms with Crippen molar-refractivity contribution in [3.05, 3.63) is 45.5 Å². The highest BCUT2D eigenvalue weighted by Gasteiger charge is 2.17. The number of carbonyl (C=O) groups is 1. The van der Waals surface area contributed by atoms with Crippen molar-refractivity contribution in [2.24, 2.45) is 0 Å². The number of nitrogens with zero attached hydrogens (tertiary/aromatic N) is 1. The second-order valence-corrected chi connectivity index (χ2v) is 4.64. The van der Waals surface area contributed by atoms with Crippen LogP contribution in [0.25, 0.3) is 0 Å². The van der Waals surface area contributed by atoms with Crippen LogP contribution in [-0.2, 0) is 0 Å². The predicted octanol–water partition coefficient (Wildman–Crippen LogP) is 1.67. The van der Waals surface area contributed by atoms with Crippen molar-refractivity contribution in [3.63, 3.8) is 0 Å². The summed E-state index contributed by atoms with van der Waals surface area (Å²) in [4.78, 5) is 22.3. The van der Waals surface area contributed by atoms with Gasteiger partial charge < -0.3 is 15.4 Å². The Hall–Kier alpha value is -2.12. The van der Waals surface area contributed by atoms with Gasteiger partial charge in [0.25, 0.3) is 5.91 Å². The van der Waals surface area contributed by atoms with Crippen molar-refractivity contribution in [2.45, 2.75) is 6.42 Å². The number of carbonyl (C=O) groups excluding carboxylic acids is 1. The summed E-state index contributed by atoms with van der Waals surface area (Å²) in [5.74, 6) is -0.198. The highest BCUT2D eigenvalue weighted by atomic mass is 35.5. The van der Waals surface area contributed by atoms with E-state index in [1.165, 1.54) is 30.9 Å². The molecule has 1 aromatic carbocycles. The van der Waals surface area contributed by atoms with Crippen molar-refractivity contribution in [1.29, 1.82) is 0 Å². The largest absolute Gasteiger partial charge is 0.490 e. The molecule has 1 heterocycles. The summed E-state index contributed by atoms with van der Waals surface area (Å²) in [6.45, 7) is 2.21. The van der Waals surface area contributed by atoms with Crippen LogP contribution in [0.4, 0.5) is 5.69 Å². The molecule has 0 aromatic heterocycles. The summed E-state index contributed by atoms with van der Waals surface area (Å²) >= 11 is 0. The maximum atomic E-state index is 12.1. The highest BCUT2D eigenvalue weighted by Crippen LogP contribution is 2.27. The first-order valence-electron chi connectivity index (χ1n) is 6.61. The van der Waals surface area contributed by atoms with E-state index in [1.54, 1.807) is 0 Å². The second-order valence-electron chi connectivity index (χ2n) is 4.64. The van der Waals surface area contributed by atoms with Crippen LogP contribution in [0.1, 0.15) is 16.8 Å². The lowest BCUT2D eigenvalue weighted by Crippen LogP contribution is -2.29. The zero-order valence-corrected chi connectivity index (χ0v) is 12.9. The van der Waals surface area contributed by atoms with Gasteiger partial charge in [-0.15, -0.1) is 12.4 Å². The average Bonchev–Trinajstić information content (AvgIpc) is 2.52. The van der Waals surface area contributed by atoms with E-state index in [1.807, 2.05) is 0 Å². The topological polar surface area (TPSA) is 93.5 Å². The summed E-state index contributed by atoms with van der Waals surface area (Å²) in [6.07, 6.45) is 2.96. The Morgan fingerprint density at radius 2 is 2.27 bits per heavy atom. The molecule has 1 aliphatic rings. The molecule has 8 heteroatoms. The average molecular weight is 328 g/mol. The Labute approximate surface area is 134 Å². The van der Waals surface area contributed by atoms with Crippen LogP contribution in [-0.4, -0.2) is 37.6 Å². The third-order valence-electron chi connectivity index (χ3n) is 3.27. The van der Waals surface area contributed by atoms with Gasteiger partial charge in [0.2, 0.25) is 0 Å². The zero-order chi connectivity index (χ0) is 15.2. The molecule has 2 N–H and O–H groups in total. The molecule has 0 saturated heterocycles. The number of ether oxygens (including phenoxy) is 1. The molecule has 0 unspecified atom stereocenters. The normalized spacial score (nSPS) is 13.6. The first-order chi connectivity index (χ1) is 10.1. The molecular formula is C14H18ClN3O4. The molecule has 0 aliphatic carbocycles. The van der Waals surface area contributed by atoms with Crippen molar-refractivity contribution in [3.8, 4) is 5.75 Å². The van der Waals surface area contributed by atoms with Gasteiger partial charge in [-0.25, -0.2) is 0 Å². The quantitative estimate of drug-likeness (QED) is 0.487. The third-order valence-corrected chi connectivity index (χ3v) is 3.27. The molecule has 0 spiro atoms. The van der Waals surface area contributed by atoms with E-state index in [9.17, 15) is 14.9 Å². The summed E-state index contributed by atoms with van der Waals surface area (Å²) < 4.78 is 4.95. The van der Waals surface area contributed by atoms with Gasteiger partial charge in [0, 0.05) is 30.8 Å². The monoisotopic (exact) mass is 327 g/mol. The molecule has 1 aromatic rings. The standard InChI is InChI=1S/C14H17N3O4.ClH/c1-21-13-8-11(2-3-12(13)17(19)20)14(18)16-9-10-4-6-15-7-5-10;/h2-4,8,15H,5-7,9H2,1H3,(H,16,18);1H. The van der Waals surface area contributed by atoms with E-state index in [2.05, 4.69) is 16.7 Å². The van der Waals surface area contributed by atoms with Gasteiger partial charge in [-0.2, -0.15) is 0 Å². The van der Waals surface area contributed by atoms with Gasteiger partial charge >= 0.3 is 5.69 Å².